The van der Waals surface area contributed by atoms with Gasteiger partial charge in [-0.3, -0.25) is 9.52 Å². The number of halogens is 1. The van der Waals surface area contributed by atoms with Crippen LogP contribution < -0.4 is 14.8 Å². The maximum atomic E-state index is 13.1. The summed E-state index contributed by atoms with van der Waals surface area (Å²) in [6.07, 6.45) is 0. The highest BCUT2D eigenvalue weighted by molar-refractivity contribution is 7.92. The molecule has 0 heterocycles. The van der Waals surface area contributed by atoms with Crippen LogP contribution >= 0.6 is 11.6 Å². The first-order valence-corrected chi connectivity index (χ1v) is 13.2. The van der Waals surface area contributed by atoms with Crippen LogP contribution in [0, 0.1) is 13.8 Å². The third-order valence-corrected chi connectivity index (χ3v) is 7.67. The van der Waals surface area contributed by atoms with E-state index in [9.17, 15) is 13.2 Å². The Morgan fingerprint density at radius 1 is 0.971 bits per heavy atom. The average molecular weight is 515 g/mol. The van der Waals surface area contributed by atoms with Gasteiger partial charge in [-0.25, -0.2) is 8.42 Å². The Kier molecular flexibility index (Phi) is 8.13. The van der Waals surface area contributed by atoms with Gasteiger partial charge in [-0.1, -0.05) is 37.6 Å². The number of hydrogen-bond acceptors (Lipinski definition) is 4. The van der Waals surface area contributed by atoms with E-state index in [2.05, 4.69) is 23.9 Å². The van der Waals surface area contributed by atoms with Crippen molar-refractivity contribution < 1.29 is 17.9 Å². The average Bonchev–Trinajstić information content (AvgIpc) is 2.78. The molecular weight excluding hydrogens is 484 g/mol. The van der Waals surface area contributed by atoms with Gasteiger partial charge in [0.25, 0.3) is 15.9 Å². The van der Waals surface area contributed by atoms with Gasteiger partial charge in [0.15, 0.2) is 0 Å². The van der Waals surface area contributed by atoms with Gasteiger partial charge in [0.05, 0.1) is 18.2 Å². The fourth-order valence-corrected chi connectivity index (χ4v) is 5.51. The Bertz CT molecular complexity index is 1350. The van der Waals surface area contributed by atoms with Gasteiger partial charge in [0.1, 0.15) is 10.6 Å². The highest BCUT2D eigenvalue weighted by Gasteiger charge is 2.22. The first kappa shape index (κ1) is 26.6. The monoisotopic (exact) mass is 514 g/mol. The minimum absolute atomic E-state index is 0.0299. The molecule has 0 saturated heterocycles. The van der Waals surface area contributed by atoms with Crippen molar-refractivity contribution >= 4 is 33.2 Å². The molecule has 186 valence electrons. The minimum Gasteiger partial charge on any atom is -0.496 e. The topological polar surface area (TPSA) is 84.5 Å². The third kappa shape index (κ3) is 6.16. The zero-order valence-electron chi connectivity index (χ0n) is 20.8. The fraction of sp³-hybridized carbons (Fsp3) is 0.296. The van der Waals surface area contributed by atoms with Crippen LogP contribution in [-0.4, -0.2) is 21.4 Å². The molecule has 1 amide bonds. The number of amides is 1. The normalized spacial score (nSPS) is 12.3. The summed E-state index contributed by atoms with van der Waals surface area (Å²) in [4.78, 5) is 12.9. The number of anilines is 1. The van der Waals surface area contributed by atoms with Crippen molar-refractivity contribution in [2.45, 2.75) is 51.5 Å². The Morgan fingerprint density at radius 3 is 2.31 bits per heavy atom. The van der Waals surface area contributed by atoms with Crippen molar-refractivity contribution in [1.82, 2.24) is 5.32 Å². The highest BCUT2D eigenvalue weighted by Crippen LogP contribution is 2.32. The molecule has 2 N–H and O–H groups in total. The molecule has 0 spiro atoms. The molecule has 0 saturated carbocycles. The lowest BCUT2D eigenvalue weighted by Gasteiger charge is -2.21. The molecule has 0 bridgehead atoms. The van der Waals surface area contributed by atoms with Crippen LogP contribution in [0.4, 0.5) is 5.69 Å². The summed E-state index contributed by atoms with van der Waals surface area (Å²) < 4.78 is 34.1. The zero-order valence-corrected chi connectivity index (χ0v) is 22.3. The number of methoxy groups -OCH3 is 1. The smallest absolute Gasteiger partial charge is 0.263 e. The summed E-state index contributed by atoms with van der Waals surface area (Å²) in [5.74, 6) is 0.660. The van der Waals surface area contributed by atoms with Gasteiger partial charge in [-0.15, -0.1) is 0 Å². The first-order valence-electron chi connectivity index (χ1n) is 11.3. The van der Waals surface area contributed by atoms with Crippen LogP contribution in [0.5, 0.6) is 5.75 Å². The second-order valence-electron chi connectivity index (χ2n) is 8.92. The van der Waals surface area contributed by atoms with Crippen LogP contribution in [0.25, 0.3) is 0 Å². The Hall–Kier alpha value is -3.03. The molecule has 3 aromatic rings. The predicted octanol–water partition coefficient (Wildman–Crippen LogP) is 6.38. The Labute approximate surface area is 212 Å². The Balaban J connectivity index is 1.87. The molecule has 0 radical (unpaired) electrons. The quantitative estimate of drug-likeness (QED) is 0.365. The van der Waals surface area contributed by atoms with Crippen molar-refractivity contribution in [2.24, 2.45) is 0 Å². The van der Waals surface area contributed by atoms with E-state index in [-0.39, 0.29) is 27.4 Å². The van der Waals surface area contributed by atoms with E-state index in [0.29, 0.717) is 5.69 Å². The van der Waals surface area contributed by atoms with E-state index in [0.717, 1.165) is 28.0 Å². The lowest BCUT2D eigenvalue weighted by Crippen LogP contribution is -2.27. The second kappa shape index (κ2) is 10.7. The molecular formula is C27H31ClN2O4S. The maximum absolute atomic E-state index is 13.1. The van der Waals surface area contributed by atoms with Crippen LogP contribution in [0.3, 0.4) is 0 Å². The van der Waals surface area contributed by atoms with E-state index < -0.39 is 15.9 Å². The summed E-state index contributed by atoms with van der Waals surface area (Å²) in [6, 6.07) is 14.9. The molecule has 3 aromatic carbocycles. The number of hydrogen-bond donors (Lipinski definition) is 2. The molecule has 0 aromatic heterocycles. The fourth-order valence-electron chi connectivity index (χ4n) is 3.94. The summed E-state index contributed by atoms with van der Waals surface area (Å²) in [6.45, 7) is 9.89. The van der Waals surface area contributed by atoms with Crippen molar-refractivity contribution in [3.05, 3.63) is 87.4 Å². The number of ether oxygens (including phenoxy) is 1. The highest BCUT2D eigenvalue weighted by atomic mass is 35.5. The third-order valence-electron chi connectivity index (χ3n) is 5.81. The first-order chi connectivity index (χ1) is 16.4. The van der Waals surface area contributed by atoms with Crippen molar-refractivity contribution in [2.75, 3.05) is 11.8 Å². The van der Waals surface area contributed by atoms with Gasteiger partial charge in [-0.2, -0.15) is 0 Å². The van der Waals surface area contributed by atoms with Crippen molar-refractivity contribution in [3.63, 3.8) is 0 Å². The van der Waals surface area contributed by atoms with Crippen molar-refractivity contribution in [1.29, 1.82) is 0 Å². The maximum Gasteiger partial charge on any atom is 0.263 e. The summed E-state index contributed by atoms with van der Waals surface area (Å²) >= 11 is 6.22. The number of sulfonamides is 1. The number of aryl methyl sites for hydroxylation is 2. The standard InChI is InChI=1S/C27H31ClN2O4S/c1-16(2)22-15-23(18(4)13-25(22)34-6)19(5)29-27(31)20-10-11-24(28)26(14-20)35(32,33)30-21-9-7-8-17(3)12-21/h7-16,19,30H,1-6H3,(H,29,31)/t19-/m0/s1. The number of benzene rings is 3. The molecule has 6 nitrogen and oxygen atoms in total. The molecule has 8 heteroatoms. The van der Waals surface area contributed by atoms with Gasteiger partial charge in [0.2, 0.25) is 0 Å². The number of rotatable bonds is 8. The van der Waals surface area contributed by atoms with Crippen LogP contribution in [0.15, 0.2) is 59.5 Å². The number of nitrogens with one attached hydrogen (secondary N) is 2. The van der Waals surface area contributed by atoms with Gasteiger partial charge < -0.3 is 10.1 Å². The second-order valence-corrected chi connectivity index (χ2v) is 11.0. The zero-order chi connectivity index (χ0) is 25.9. The van der Waals surface area contributed by atoms with Gasteiger partial charge >= 0.3 is 0 Å². The van der Waals surface area contributed by atoms with Gasteiger partial charge in [-0.05, 0) is 91.4 Å². The SMILES string of the molecule is COc1cc(C)c([C@H](C)NC(=O)c2ccc(Cl)c(S(=O)(=O)Nc3cccc(C)c3)c2)cc1C(C)C. The summed E-state index contributed by atoms with van der Waals surface area (Å²) in [5, 5.41) is 3.00. The molecule has 0 aliphatic carbocycles. The van der Waals surface area contributed by atoms with E-state index in [1.165, 1.54) is 18.2 Å². The lowest BCUT2D eigenvalue weighted by molar-refractivity contribution is 0.0939. The van der Waals surface area contributed by atoms with Gasteiger partial charge in [0, 0.05) is 11.3 Å². The van der Waals surface area contributed by atoms with E-state index in [4.69, 9.17) is 16.3 Å². The van der Waals surface area contributed by atoms with Crippen LogP contribution in [0.1, 0.15) is 65.3 Å². The molecule has 1 atom stereocenters. The largest absolute Gasteiger partial charge is 0.496 e. The summed E-state index contributed by atoms with van der Waals surface area (Å²) in [7, 11) is -2.36. The predicted molar refractivity (Wildman–Crippen MR) is 141 cm³/mol. The van der Waals surface area contributed by atoms with E-state index >= 15 is 0 Å². The lowest BCUT2D eigenvalue weighted by atomic mass is 9.93. The molecule has 0 unspecified atom stereocenters. The number of carbonyl (C=O) groups excluding carboxylic acids is 1. The molecule has 0 fully saturated rings. The van der Waals surface area contributed by atoms with Crippen LogP contribution in [-0.2, 0) is 10.0 Å². The minimum atomic E-state index is -4.00. The van der Waals surface area contributed by atoms with Crippen LogP contribution in [0.2, 0.25) is 5.02 Å². The Morgan fingerprint density at radius 2 is 1.69 bits per heavy atom. The molecule has 0 aliphatic heterocycles. The number of carbonyl (C=O) groups is 1. The summed E-state index contributed by atoms with van der Waals surface area (Å²) in [5.41, 5.74) is 4.53. The molecule has 3 rings (SSSR count). The van der Waals surface area contributed by atoms with E-state index in [1.807, 2.05) is 39.0 Å². The van der Waals surface area contributed by atoms with E-state index in [1.54, 1.807) is 25.3 Å². The molecule has 0 aliphatic rings. The molecule has 35 heavy (non-hydrogen) atoms. The van der Waals surface area contributed by atoms with Crippen molar-refractivity contribution in [3.8, 4) is 5.75 Å².